The Balaban J connectivity index is 3.21. The summed E-state index contributed by atoms with van der Waals surface area (Å²) in [5, 5.41) is 0.0911. The summed E-state index contributed by atoms with van der Waals surface area (Å²) in [6, 6.07) is 0. The quantitative estimate of drug-likeness (QED) is 0.694. The molecular weight excluding hydrogens is 254 g/mol. The molecule has 0 unspecified atom stereocenters. The van der Waals surface area contributed by atoms with Crippen LogP contribution in [0.15, 0.2) is 0 Å². The molecule has 1 aliphatic rings. The molecule has 1 fully saturated rings. The summed E-state index contributed by atoms with van der Waals surface area (Å²) in [4.78, 5) is 0. The average molecular weight is 288 g/mol. The maximum absolute atomic E-state index is 6.16. The van der Waals surface area contributed by atoms with Crippen molar-refractivity contribution in [2.45, 2.75) is 58.9 Å². The van der Waals surface area contributed by atoms with Crippen molar-refractivity contribution in [3.8, 4) is 0 Å². The molecular formula is C15H33NO2Si. The van der Waals surface area contributed by atoms with Crippen LogP contribution in [-0.4, -0.2) is 40.6 Å². The Kier molecular flexibility index (Phi) is 6.05. The van der Waals surface area contributed by atoms with Gasteiger partial charge in [-0.25, -0.2) is 0 Å². The highest BCUT2D eigenvalue weighted by atomic mass is 28.4. The van der Waals surface area contributed by atoms with Crippen molar-refractivity contribution in [1.82, 2.24) is 4.57 Å². The van der Waals surface area contributed by atoms with Crippen LogP contribution in [0.25, 0.3) is 0 Å². The molecule has 0 bridgehead atoms. The van der Waals surface area contributed by atoms with Crippen molar-refractivity contribution in [2.75, 3.05) is 27.3 Å². The van der Waals surface area contributed by atoms with Gasteiger partial charge in [-0.05, 0) is 37.8 Å². The lowest BCUT2D eigenvalue weighted by molar-refractivity contribution is 0.0894. The van der Waals surface area contributed by atoms with Crippen LogP contribution >= 0.6 is 0 Å². The zero-order valence-corrected chi connectivity index (χ0v) is 15.0. The van der Waals surface area contributed by atoms with Crippen LogP contribution in [0, 0.1) is 11.8 Å². The summed E-state index contributed by atoms with van der Waals surface area (Å²) in [6.07, 6.45) is 3.88. The first kappa shape index (κ1) is 17.1. The summed E-state index contributed by atoms with van der Waals surface area (Å²) in [7, 11) is 1.32. The molecule has 1 saturated heterocycles. The predicted octanol–water partition coefficient (Wildman–Crippen LogP) is 3.78. The molecule has 0 atom stereocenters. The van der Waals surface area contributed by atoms with Gasteiger partial charge in [-0.2, -0.15) is 0 Å². The van der Waals surface area contributed by atoms with Crippen molar-refractivity contribution in [1.29, 1.82) is 0 Å². The lowest BCUT2D eigenvalue weighted by Crippen LogP contribution is -2.68. The van der Waals surface area contributed by atoms with Crippen LogP contribution in [-0.2, 0) is 8.85 Å². The maximum Gasteiger partial charge on any atom is 0.434 e. The van der Waals surface area contributed by atoms with Gasteiger partial charge in [0, 0.05) is 19.3 Å². The Morgan fingerprint density at radius 1 is 0.895 bits per heavy atom. The molecule has 0 amide bonds. The third-order valence-electron chi connectivity index (χ3n) is 5.41. The zero-order valence-electron chi connectivity index (χ0n) is 14.0. The van der Waals surface area contributed by atoms with Gasteiger partial charge in [0.15, 0.2) is 0 Å². The summed E-state index contributed by atoms with van der Waals surface area (Å²) in [5.74, 6) is 1.09. The molecule has 0 saturated carbocycles. The van der Waals surface area contributed by atoms with E-state index in [-0.39, 0.29) is 5.04 Å². The number of hydrogen-bond donors (Lipinski definition) is 0. The van der Waals surface area contributed by atoms with Crippen LogP contribution in [0.5, 0.6) is 0 Å². The van der Waals surface area contributed by atoms with Gasteiger partial charge < -0.3 is 8.85 Å². The van der Waals surface area contributed by atoms with Crippen LogP contribution in [0.4, 0.5) is 0 Å². The van der Waals surface area contributed by atoms with Gasteiger partial charge in [-0.3, -0.25) is 4.57 Å². The van der Waals surface area contributed by atoms with Crippen molar-refractivity contribution >= 4 is 8.72 Å². The first-order valence-corrected chi connectivity index (χ1v) is 9.48. The average Bonchev–Trinajstić information content (AvgIpc) is 2.41. The van der Waals surface area contributed by atoms with E-state index in [1.807, 2.05) is 14.2 Å². The third kappa shape index (κ3) is 2.78. The van der Waals surface area contributed by atoms with Gasteiger partial charge in [-0.1, -0.05) is 41.0 Å². The summed E-state index contributed by atoms with van der Waals surface area (Å²) in [5.41, 5.74) is 0. The number of hydrogen-bond acceptors (Lipinski definition) is 3. The maximum atomic E-state index is 6.16. The number of piperidine rings is 1. The van der Waals surface area contributed by atoms with Gasteiger partial charge in [0.1, 0.15) is 0 Å². The molecule has 0 spiro atoms. The van der Waals surface area contributed by atoms with Crippen molar-refractivity contribution in [3.05, 3.63) is 0 Å². The third-order valence-corrected chi connectivity index (χ3v) is 10.3. The lowest BCUT2D eigenvalue weighted by Gasteiger charge is -2.54. The Morgan fingerprint density at radius 2 is 1.32 bits per heavy atom. The second kappa shape index (κ2) is 6.70. The molecule has 0 N–H and O–H groups in total. The fourth-order valence-electron chi connectivity index (χ4n) is 3.71. The topological polar surface area (TPSA) is 21.7 Å². The molecule has 3 nitrogen and oxygen atoms in total. The second-order valence-corrected chi connectivity index (χ2v) is 10.3. The summed E-state index contributed by atoms with van der Waals surface area (Å²) in [6.45, 7) is 13.9. The van der Waals surface area contributed by atoms with Gasteiger partial charge in [0.2, 0.25) is 0 Å². The van der Waals surface area contributed by atoms with Gasteiger partial charge in [0.05, 0.1) is 0 Å². The van der Waals surface area contributed by atoms with E-state index in [0.717, 1.165) is 13.1 Å². The van der Waals surface area contributed by atoms with Gasteiger partial charge in [0.25, 0.3) is 0 Å². The van der Waals surface area contributed by atoms with Crippen LogP contribution < -0.4 is 0 Å². The number of nitrogens with zero attached hydrogens (tertiary/aromatic N) is 1. The molecule has 19 heavy (non-hydrogen) atoms. The Labute approximate surface area is 121 Å². The summed E-state index contributed by atoms with van der Waals surface area (Å²) < 4.78 is 14.9. The normalized spacial score (nSPS) is 19.4. The van der Waals surface area contributed by atoms with E-state index in [9.17, 15) is 0 Å². The molecule has 0 aromatic heterocycles. The molecule has 114 valence electrons. The fraction of sp³-hybridized carbons (Fsp3) is 1.00. The summed E-state index contributed by atoms with van der Waals surface area (Å²) >= 11 is 0. The smallest absolute Gasteiger partial charge is 0.386 e. The van der Waals surface area contributed by atoms with Gasteiger partial charge >= 0.3 is 8.72 Å². The van der Waals surface area contributed by atoms with E-state index in [4.69, 9.17) is 8.85 Å². The van der Waals surface area contributed by atoms with E-state index < -0.39 is 8.72 Å². The van der Waals surface area contributed by atoms with Crippen molar-refractivity contribution < 1.29 is 8.85 Å². The Hall–Kier alpha value is 0.0969. The van der Waals surface area contributed by atoms with Crippen molar-refractivity contribution in [3.63, 3.8) is 0 Å². The standard InChI is InChI=1S/C15H33NO2Si/c1-13(2)15(5,14(3)4)19(17-6,18-7)16-11-9-8-10-12-16/h13-14H,8-12H2,1-7H3. The minimum Gasteiger partial charge on any atom is -0.386 e. The van der Waals surface area contributed by atoms with E-state index in [1.54, 1.807) is 0 Å². The molecule has 0 aromatic rings. The van der Waals surface area contributed by atoms with E-state index in [0.29, 0.717) is 11.8 Å². The highest BCUT2D eigenvalue weighted by molar-refractivity contribution is 6.68. The van der Waals surface area contributed by atoms with E-state index in [1.165, 1.54) is 19.3 Å². The van der Waals surface area contributed by atoms with Crippen LogP contribution in [0.1, 0.15) is 53.9 Å². The SMILES string of the molecule is CO[Si](OC)(N1CCCCC1)C(C)(C(C)C)C(C)C. The van der Waals surface area contributed by atoms with Crippen LogP contribution in [0.3, 0.4) is 0 Å². The molecule has 1 aliphatic heterocycles. The monoisotopic (exact) mass is 287 g/mol. The molecule has 0 radical (unpaired) electrons. The second-order valence-electron chi connectivity index (χ2n) is 6.63. The lowest BCUT2D eigenvalue weighted by atomic mass is 9.86. The molecule has 1 heterocycles. The number of rotatable bonds is 6. The molecule has 0 aliphatic carbocycles. The molecule has 0 aromatic carbocycles. The molecule has 4 heteroatoms. The highest BCUT2D eigenvalue weighted by Crippen LogP contribution is 2.53. The zero-order chi connectivity index (χ0) is 14.7. The van der Waals surface area contributed by atoms with E-state index >= 15 is 0 Å². The van der Waals surface area contributed by atoms with Gasteiger partial charge in [-0.15, -0.1) is 0 Å². The Morgan fingerprint density at radius 3 is 1.63 bits per heavy atom. The Bertz CT molecular complexity index is 263. The van der Waals surface area contributed by atoms with Crippen LogP contribution in [0.2, 0.25) is 5.04 Å². The van der Waals surface area contributed by atoms with E-state index in [2.05, 4.69) is 39.2 Å². The van der Waals surface area contributed by atoms with Crippen molar-refractivity contribution in [2.24, 2.45) is 11.8 Å². The fourth-order valence-corrected chi connectivity index (χ4v) is 8.31. The minimum atomic E-state index is -2.39. The predicted molar refractivity (Wildman–Crippen MR) is 83.2 cm³/mol. The first-order valence-electron chi connectivity index (χ1n) is 7.72. The molecule has 1 rings (SSSR count). The minimum absolute atomic E-state index is 0.0911. The highest BCUT2D eigenvalue weighted by Gasteiger charge is 2.61. The largest absolute Gasteiger partial charge is 0.434 e. The first-order chi connectivity index (χ1) is 8.86.